The van der Waals surface area contributed by atoms with Gasteiger partial charge >= 0.3 is 0 Å². The van der Waals surface area contributed by atoms with Crippen molar-refractivity contribution in [3.63, 3.8) is 0 Å². The molecule has 2 aromatic rings. The number of nitrogens with zero attached hydrogens (tertiary/aromatic N) is 3. The summed E-state index contributed by atoms with van der Waals surface area (Å²) in [5.41, 5.74) is 5.73. The zero-order valence-corrected chi connectivity index (χ0v) is 15.4. The molecule has 5 nitrogen and oxygen atoms in total. The number of benzene rings is 1. The third-order valence-electron chi connectivity index (χ3n) is 4.59. The first-order valence-electron chi connectivity index (χ1n) is 9.06. The second kappa shape index (κ2) is 8.83. The quantitative estimate of drug-likeness (QED) is 0.593. The van der Waals surface area contributed by atoms with Crippen molar-refractivity contribution in [2.75, 3.05) is 32.8 Å². The van der Waals surface area contributed by atoms with E-state index in [1.54, 1.807) is 0 Å². The number of aldehydes is 1. The summed E-state index contributed by atoms with van der Waals surface area (Å²) in [5, 5.41) is 0. The Bertz CT molecular complexity index is 796. The molecule has 1 aromatic heterocycles. The minimum atomic E-state index is 0.504. The summed E-state index contributed by atoms with van der Waals surface area (Å²) in [7, 11) is 0. The molecule has 1 aromatic carbocycles. The maximum Gasteiger partial charge on any atom is 0.168 e. The van der Waals surface area contributed by atoms with E-state index in [1.165, 1.54) is 5.56 Å². The van der Waals surface area contributed by atoms with Crippen LogP contribution >= 0.6 is 0 Å². The fourth-order valence-electron chi connectivity index (χ4n) is 3.18. The molecule has 136 valence electrons. The summed E-state index contributed by atoms with van der Waals surface area (Å²) in [6.07, 6.45) is 4.63. The van der Waals surface area contributed by atoms with Gasteiger partial charge in [0, 0.05) is 49.7 Å². The third-order valence-corrected chi connectivity index (χ3v) is 4.59. The summed E-state index contributed by atoms with van der Waals surface area (Å²) in [4.78, 5) is 22.5. The minimum absolute atomic E-state index is 0.504. The van der Waals surface area contributed by atoms with Crippen molar-refractivity contribution >= 4 is 12.0 Å². The Kier molecular flexibility index (Phi) is 6.26. The van der Waals surface area contributed by atoms with Gasteiger partial charge in [0.2, 0.25) is 0 Å². The van der Waals surface area contributed by atoms with Crippen molar-refractivity contribution < 1.29 is 9.53 Å². The topological polar surface area (TPSA) is 54.8 Å². The Hall–Kier alpha value is -2.37. The second-order valence-electron chi connectivity index (χ2n) is 6.48. The maximum absolute atomic E-state index is 11.4. The Labute approximate surface area is 154 Å². The molecule has 0 aliphatic carbocycles. The largest absolute Gasteiger partial charge is 0.379 e. The third kappa shape index (κ3) is 4.42. The molecule has 1 saturated heterocycles. The number of carbonyl (C=O) groups excluding carboxylic acids is 1. The number of ether oxygens (including phenoxy) is 1. The van der Waals surface area contributed by atoms with Crippen LogP contribution in [0.2, 0.25) is 0 Å². The lowest BCUT2D eigenvalue weighted by atomic mass is 9.97. The van der Waals surface area contributed by atoms with Gasteiger partial charge in [0.1, 0.15) is 5.71 Å². The van der Waals surface area contributed by atoms with Crippen LogP contribution < -0.4 is 0 Å². The molecule has 0 unspecified atom stereocenters. The first kappa shape index (κ1) is 18.4. The van der Waals surface area contributed by atoms with E-state index in [2.05, 4.69) is 27.0 Å². The van der Waals surface area contributed by atoms with Crippen LogP contribution in [0.15, 0.2) is 41.7 Å². The molecule has 1 aliphatic heterocycles. The number of hydrogen-bond acceptors (Lipinski definition) is 5. The Morgan fingerprint density at radius 3 is 2.77 bits per heavy atom. The maximum atomic E-state index is 11.4. The average Bonchev–Trinajstić information content (AvgIpc) is 2.68. The van der Waals surface area contributed by atoms with Crippen molar-refractivity contribution in [1.29, 1.82) is 0 Å². The van der Waals surface area contributed by atoms with Crippen molar-refractivity contribution in [1.82, 2.24) is 9.88 Å². The molecule has 0 radical (unpaired) electrons. The number of rotatable bonds is 6. The number of morpholine rings is 1. The molecule has 5 heteroatoms. The highest BCUT2D eigenvalue weighted by molar-refractivity contribution is 6.36. The van der Waals surface area contributed by atoms with Crippen LogP contribution in [0.3, 0.4) is 0 Å². The molecule has 0 N–H and O–H groups in total. The highest BCUT2D eigenvalue weighted by Crippen LogP contribution is 2.23. The van der Waals surface area contributed by atoms with E-state index in [4.69, 9.17) is 4.74 Å². The number of pyridine rings is 1. The highest BCUT2D eigenvalue weighted by atomic mass is 16.5. The standard InChI is InChI=1S/C21H25N3O2/c1-3-23-21(15-25)20-11-18(5-4-16(20)2)19-10-17(12-22-13-19)14-24-6-8-26-9-7-24/h4-5,10-13,15H,3,6-9,14H2,1-2H3. The van der Waals surface area contributed by atoms with Gasteiger partial charge in [-0.05, 0) is 42.7 Å². The summed E-state index contributed by atoms with van der Waals surface area (Å²) < 4.78 is 5.41. The highest BCUT2D eigenvalue weighted by Gasteiger charge is 2.12. The molecule has 1 aliphatic rings. The van der Waals surface area contributed by atoms with Crippen LogP contribution in [-0.4, -0.2) is 54.7 Å². The van der Waals surface area contributed by atoms with Crippen molar-refractivity contribution in [2.24, 2.45) is 4.99 Å². The van der Waals surface area contributed by atoms with Crippen LogP contribution in [0.1, 0.15) is 23.6 Å². The van der Waals surface area contributed by atoms with Gasteiger partial charge in [-0.1, -0.05) is 12.1 Å². The van der Waals surface area contributed by atoms with Gasteiger partial charge in [0.25, 0.3) is 0 Å². The number of aliphatic imine (C=N–C) groups is 1. The SMILES string of the molecule is CCN=C(C=O)c1cc(-c2cncc(CN3CCOCC3)c2)ccc1C. The Morgan fingerprint density at radius 2 is 2.04 bits per heavy atom. The monoisotopic (exact) mass is 351 g/mol. The number of hydrogen-bond donors (Lipinski definition) is 0. The summed E-state index contributed by atoms with van der Waals surface area (Å²) >= 11 is 0. The van der Waals surface area contributed by atoms with Crippen LogP contribution in [0.4, 0.5) is 0 Å². The van der Waals surface area contributed by atoms with E-state index in [-0.39, 0.29) is 0 Å². The van der Waals surface area contributed by atoms with E-state index in [9.17, 15) is 4.79 Å². The summed E-state index contributed by atoms with van der Waals surface area (Å²) in [6.45, 7) is 8.89. The van der Waals surface area contributed by atoms with Gasteiger partial charge in [0.15, 0.2) is 6.29 Å². The number of aromatic nitrogens is 1. The number of carbonyl (C=O) groups is 1. The zero-order chi connectivity index (χ0) is 18.4. The van der Waals surface area contributed by atoms with Crippen LogP contribution in [0, 0.1) is 6.92 Å². The van der Waals surface area contributed by atoms with E-state index < -0.39 is 0 Å². The van der Waals surface area contributed by atoms with Gasteiger partial charge in [-0.15, -0.1) is 0 Å². The number of aryl methyl sites for hydroxylation is 1. The molecule has 2 heterocycles. The molecule has 0 atom stereocenters. The van der Waals surface area contributed by atoms with E-state index >= 15 is 0 Å². The van der Waals surface area contributed by atoms with Crippen LogP contribution in [0.5, 0.6) is 0 Å². The van der Waals surface area contributed by atoms with Gasteiger partial charge < -0.3 is 4.74 Å². The van der Waals surface area contributed by atoms with Crippen molar-refractivity contribution in [3.8, 4) is 11.1 Å². The first-order valence-corrected chi connectivity index (χ1v) is 9.06. The van der Waals surface area contributed by atoms with Gasteiger partial charge in [-0.25, -0.2) is 0 Å². The predicted molar refractivity (Wildman–Crippen MR) is 104 cm³/mol. The van der Waals surface area contributed by atoms with Crippen LogP contribution in [-0.2, 0) is 16.1 Å². The van der Waals surface area contributed by atoms with E-state index in [0.29, 0.717) is 12.3 Å². The van der Waals surface area contributed by atoms with E-state index in [1.807, 2.05) is 38.4 Å². The minimum Gasteiger partial charge on any atom is -0.379 e. The molecule has 0 saturated carbocycles. The first-order chi connectivity index (χ1) is 12.7. The molecule has 0 spiro atoms. The Morgan fingerprint density at radius 1 is 1.23 bits per heavy atom. The van der Waals surface area contributed by atoms with Gasteiger partial charge in [-0.2, -0.15) is 0 Å². The van der Waals surface area contributed by atoms with Crippen molar-refractivity contribution in [3.05, 3.63) is 53.3 Å². The lowest BCUT2D eigenvalue weighted by Gasteiger charge is -2.26. The fraction of sp³-hybridized carbons (Fsp3) is 0.381. The summed E-state index contributed by atoms with van der Waals surface area (Å²) in [5.74, 6) is 0. The molecule has 26 heavy (non-hydrogen) atoms. The molecular weight excluding hydrogens is 326 g/mol. The normalized spacial score (nSPS) is 15.8. The molecule has 3 rings (SSSR count). The summed E-state index contributed by atoms with van der Waals surface area (Å²) in [6, 6.07) is 8.32. The molecule has 0 bridgehead atoms. The molecule has 1 fully saturated rings. The average molecular weight is 351 g/mol. The molecule has 0 amide bonds. The smallest absolute Gasteiger partial charge is 0.168 e. The lowest BCUT2D eigenvalue weighted by molar-refractivity contribution is -0.102. The zero-order valence-electron chi connectivity index (χ0n) is 15.4. The van der Waals surface area contributed by atoms with Gasteiger partial charge in [-0.3, -0.25) is 19.7 Å². The fourth-order valence-corrected chi connectivity index (χ4v) is 3.18. The Balaban J connectivity index is 1.88. The predicted octanol–water partition coefficient (Wildman–Crippen LogP) is 2.90. The van der Waals surface area contributed by atoms with E-state index in [0.717, 1.165) is 61.4 Å². The lowest BCUT2D eigenvalue weighted by Crippen LogP contribution is -2.35. The second-order valence-corrected chi connectivity index (χ2v) is 6.48. The van der Waals surface area contributed by atoms with Gasteiger partial charge in [0.05, 0.1) is 13.2 Å². The molecular formula is C21H25N3O2. The van der Waals surface area contributed by atoms with Crippen molar-refractivity contribution in [2.45, 2.75) is 20.4 Å². The van der Waals surface area contributed by atoms with Crippen LogP contribution in [0.25, 0.3) is 11.1 Å².